The molecule has 0 fully saturated rings. The second kappa shape index (κ2) is 13.8. The van der Waals surface area contributed by atoms with Crippen molar-refractivity contribution in [3.8, 4) is 22.8 Å². The number of nitrogens with one attached hydrogen (secondary N) is 1. The molecular weight excluding hydrogens is 549 g/mol. The monoisotopic (exact) mass is 585 g/mol. The maximum absolute atomic E-state index is 14.1. The van der Waals surface area contributed by atoms with Gasteiger partial charge in [-0.3, -0.25) is 4.79 Å². The first kappa shape index (κ1) is 29.6. The van der Waals surface area contributed by atoms with E-state index in [-0.39, 0.29) is 11.2 Å². The van der Waals surface area contributed by atoms with Gasteiger partial charge < -0.3 is 18.6 Å². The third-order valence-corrected chi connectivity index (χ3v) is 11.4. The van der Waals surface area contributed by atoms with E-state index in [1.807, 2.05) is 44.2 Å². The summed E-state index contributed by atoms with van der Waals surface area (Å²) in [5, 5.41) is 0.809. The molecule has 6 nitrogen and oxygen atoms in total. The molecule has 1 heterocycles. The molecule has 0 saturated heterocycles. The predicted octanol–water partition coefficient (Wildman–Crippen LogP) is 8.59. The molecule has 2 aliphatic rings. The standard InChI is InChI=1S/C30H36NO5PS2/c1-4-7-8-9-11-22-12-10-13-24(19-22)35-37(33,38-18-5-2)36-29-17-16-28(32)26-20-23-14-15-25(39(34)6-3)21-27(23)31-30(26)29/h10,12-17,19-21,31H,4-9,11,18H2,1-3H3. The van der Waals surface area contributed by atoms with Crippen LogP contribution in [0.15, 0.2) is 70.4 Å². The van der Waals surface area contributed by atoms with Crippen LogP contribution in [0.4, 0.5) is 0 Å². The summed E-state index contributed by atoms with van der Waals surface area (Å²) in [5.41, 5.74) is 2.52. The van der Waals surface area contributed by atoms with E-state index in [2.05, 4.69) is 18.0 Å². The Morgan fingerprint density at radius 1 is 0.949 bits per heavy atom. The zero-order valence-corrected chi connectivity index (χ0v) is 25.3. The second-order valence-electron chi connectivity index (χ2n) is 9.42. The molecule has 0 amide bonds. The molecule has 1 aliphatic carbocycles. The topological polar surface area (TPSA) is 91.4 Å². The smallest absolute Gasteiger partial charge is 0.492 e. The van der Waals surface area contributed by atoms with Gasteiger partial charge in [-0.05, 0) is 102 Å². The van der Waals surface area contributed by atoms with Gasteiger partial charge in [0.25, 0.3) is 0 Å². The van der Waals surface area contributed by atoms with E-state index in [1.54, 1.807) is 12.1 Å². The zero-order chi connectivity index (χ0) is 27.8. The summed E-state index contributed by atoms with van der Waals surface area (Å²) in [6, 6.07) is 17.9. The minimum Gasteiger partial charge on any atom is -0.611 e. The van der Waals surface area contributed by atoms with E-state index < -0.39 is 18.0 Å². The fraction of sp³-hybridized carbons (Fsp3) is 0.367. The van der Waals surface area contributed by atoms with Crippen LogP contribution in [0.5, 0.6) is 11.5 Å². The lowest BCUT2D eigenvalue weighted by atomic mass is 10.0. The fourth-order valence-corrected chi connectivity index (χ4v) is 8.48. The van der Waals surface area contributed by atoms with E-state index in [0.717, 1.165) is 41.6 Å². The van der Waals surface area contributed by atoms with E-state index in [1.165, 1.54) is 31.4 Å². The largest absolute Gasteiger partial charge is 0.611 e. The molecular formula is C30H36NO5PS2. The molecule has 0 spiro atoms. The number of H-pyrrole nitrogens is 1. The van der Waals surface area contributed by atoms with Crippen LogP contribution < -0.4 is 14.5 Å². The number of aryl methyl sites for hydroxylation is 1. The van der Waals surface area contributed by atoms with Gasteiger partial charge in [-0.2, -0.15) is 0 Å². The number of rotatable bonds is 14. The van der Waals surface area contributed by atoms with Gasteiger partial charge in [0.1, 0.15) is 11.5 Å². The van der Waals surface area contributed by atoms with Crippen LogP contribution in [0.25, 0.3) is 22.2 Å². The fourth-order valence-electron chi connectivity index (χ4n) is 4.33. The first-order chi connectivity index (χ1) is 18.9. The lowest BCUT2D eigenvalue weighted by Gasteiger charge is -2.21. The third kappa shape index (κ3) is 7.63. The normalized spacial score (nSPS) is 13.8. The lowest BCUT2D eigenvalue weighted by Crippen LogP contribution is -2.09. The first-order valence-electron chi connectivity index (χ1n) is 13.6. The summed E-state index contributed by atoms with van der Waals surface area (Å²) < 4.78 is 38.7. The van der Waals surface area contributed by atoms with Crippen LogP contribution in [0.2, 0.25) is 0 Å². The van der Waals surface area contributed by atoms with Crippen molar-refractivity contribution in [1.82, 2.24) is 4.98 Å². The Balaban J connectivity index is 1.67. The molecule has 0 aromatic heterocycles. The average Bonchev–Trinajstić information content (AvgIpc) is 2.94. The van der Waals surface area contributed by atoms with Crippen molar-refractivity contribution < 1.29 is 18.2 Å². The quantitative estimate of drug-likeness (QED) is 0.0690. The van der Waals surface area contributed by atoms with Gasteiger partial charge in [-0.1, -0.05) is 45.2 Å². The first-order valence-corrected chi connectivity index (χ1v) is 18.0. The molecule has 4 rings (SSSR count). The summed E-state index contributed by atoms with van der Waals surface area (Å²) in [7, 11) is 0. The van der Waals surface area contributed by atoms with Crippen molar-refractivity contribution >= 4 is 40.3 Å². The molecule has 1 N–H and O–H groups in total. The van der Waals surface area contributed by atoms with Crippen molar-refractivity contribution in [3.05, 3.63) is 76.5 Å². The van der Waals surface area contributed by atoms with Crippen molar-refractivity contribution in [2.45, 2.75) is 64.2 Å². The van der Waals surface area contributed by atoms with E-state index >= 15 is 0 Å². The average molecular weight is 586 g/mol. The van der Waals surface area contributed by atoms with Crippen LogP contribution in [-0.4, -0.2) is 21.0 Å². The van der Waals surface area contributed by atoms with Gasteiger partial charge in [0.15, 0.2) is 16.1 Å². The maximum Gasteiger partial charge on any atom is 0.492 e. The summed E-state index contributed by atoms with van der Waals surface area (Å²) in [4.78, 5) is 16.7. The molecule has 9 heteroatoms. The summed E-state index contributed by atoms with van der Waals surface area (Å²) in [6.07, 6.45) is 6.42. The van der Waals surface area contributed by atoms with Gasteiger partial charge in [0.05, 0.1) is 11.2 Å². The van der Waals surface area contributed by atoms with E-state index in [9.17, 15) is 13.9 Å². The molecule has 39 heavy (non-hydrogen) atoms. The van der Waals surface area contributed by atoms with Gasteiger partial charge in [0, 0.05) is 17.4 Å². The molecule has 2 aromatic carbocycles. The number of aromatic amines is 1. The predicted molar refractivity (Wildman–Crippen MR) is 164 cm³/mol. The number of unbranched alkanes of at least 4 members (excludes halogenated alkanes) is 3. The number of pyridine rings is 1. The minimum absolute atomic E-state index is 0.176. The number of hydrogen-bond donors (Lipinski definition) is 1. The van der Waals surface area contributed by atoms with Gasteiger partial charge in [-0.15, -0.1) is 0 Å². The summed E-state index contributed by atoms with van der Waals surface area (Å²) in [6.45, 7) is 2.37. The Hall–Kier alpha value is -2.38. The van der Waals surface area contributed by atoms with Crippen LogP contribution in [0, 0.1) is 0 Å². The molecule has 2 aromatic rings. The molecule has 0 saturated carbocycles. The number of fused-ring (bicyclic) bond motifs is 2. The molecule has 208 valence electrons. The Morgan fingerprint density at radius 2 is 1.79 bits per heavy atom. The Morgan fingerprint density at radius 3 is 2.56 bits per heavy atom. The van der Waals surface area contributed by atoms with Crippen molar-refractivity contribution in [1.29, 1.82) is 0 Å². The zero-order valence-electron chi connectivity index (χ0n) is 22.7. The molecule has 1 aliphatic heterocycles. The van der Waals surface area contributed by atoms with E-state index in [4.69, 9.17) is 9.05 Å². The molecule has 0 radical (unpaired) electrons. The van der Waals surface area contributed by atoms with Gasteiger partial charge in [0.2, 0.25) is 0 Å². The van der Waals surface area contributed by atoms with Crippen molar-refractivity contribution in [2.24, 2.45) is 0 Å². The highest BCUT2D eigenvalue weighted by Gasteiger charge is 2.31. The van der Waals surface area contributed by atoms with Crippen LogP contribution in [0.3, 0.4) is 0 Å². The Bertz CT molecular complexity index is 1470. The molecule has 2 unspecified atom stereocenters. The lowest BCUT2D eigenvalue weighted by molar-refractivity contribution is 0.408. The molecule has 2 atom stereocenters. The SMILES string of the molecule is CCCCCCc1cccc(OP(=O)(Oc2ccc(=O)c3cc4ccc([S+]([O-])CC)cc4[nH]c2-3)SCCC)c1. The Labute approximate surface area is 237 Å². The van der Waals surface area contributed by atoms with Crippen LogP contribution >= 0.6 is 18.2 Å². The second-order valence-corrected chi connectivity index (χ2v) is 15.2. The number of aromatic nitrogens is 1. The summed E-state index contributed by atoms with van der Waals surface area (Å²) >= 11 is 0.0297. The van der Waals surface area contributed by atoms with Crippen molar-refractivity contribution in [3.63, 3.8) is 0 Å². The highest BCUT2D eigenvalue weighted by Crippen LogP contribution is 2.60. The molecule has 0 bridgehead atoms. The van der Waals surface area contributed by atoms with E-state index in [0.29, 0.717) is 38.9 Å². The van der Waals surface area contributed by atoms with Crippen LogP contribution in [-0.2, 0) is 22.2 Å². The summed E-state index contributed by atoms with van der Waals surface area (Å²) in [5.74, 6) is 1.87. The Kier molecular flexibility index (Phi) is 10.5. The maximum atomic E-state index is 14.1. The van der Waals surface area contributed by atoms with Gasteiger partial charge in [-0.25, -0.2) is 4.57 Å². The number of benzene rings is 3. The number of hydrogen-bond acceptors (Lipinski definition) is 6. The van der Waals surface area contributed by atoms with Crippen molar-refractivity contribution in [2.75, 3.05) is 11.5 Å². The van der Waals surface area contributed by atoms with Crippen LogP contribution in [0.1, 0.15) is 58.4 Å². The third-order valence-electron chi connectivity index (χ3n) is 6.37. The highest BCUT2D eigenvalue weighted by molar-refractivity contribution is 8.55. The highest BCUT2D eigenvalue weighted by atomic mass is 32.7. The minimum atomic E-state index is -3.70. The van der Waals surface area contributed by atoms with Gasteiger partial charge >= 0.3 is 6.80 Å².